The van der Waals surface area contributed by atoms with Crippen LogP contribution in [-0.2, 0) is 12.8 Å². The molecule has 1 nitrogen and oxygen atoms in total. The van der Waals surface area contributed by atoms with Gasteiger partial charge in [0.05, 0.1) is 0 Å². The Kier molecular flexibility index (Phi) is 3.97. The summed E-state index contributed by atoms with van der Waals surface area (Å²) in [7, 11) is 0. The molecular formula is C17H23N-2. The maximum Gasteiger partial charge on any atom is 0.0408 e. The molecule has 2 atom stereocenters. The van der Waals surface area contributed by atoms with Gasteiger partial charge in [0.15, 0.2) is 0 Å². The monoisotopic (exact) mass is 241 g/mol. The minimum atomic E-state index is 0.854. The summed E-state index contributed by atoms with van der Waals surface area (Å²) in [5.74, 6) is 1.71. The van der Waals surface area contributed by atoms with Crippen molar-refractivity contribution in [2.75, 3.05) is 0 Å². The van der Waals surface area contributed by atoms with Crippen LogP contribution in [0.1, 0.15) is 49.9 Å². The number of nitrogens with zero attached hydrogens (tertiary/aromatic N) is 1. The van der Waals surface area contributed by atoms with E-state index >= 15 is 0 Å². The zero-order chi connectivity index (χ0) is 12.2. The van der Waals surface area contributed by atoms with Crippen LogP contribution in [0.4, 0.5) is 0 Å². The molecule has 1 heteroatoms. The number of rotatable bonds is 4. The molecule has 98 valence electrons. The Labute approximate surface area is 111 Å². The van der Waals surface area contributed by atoms with Gasteiger partial charge in [0.2, 0.25) is 0 Å². The van der Waals surface area contributed by atoms with E-state index in [1.165, 1.54) is 62.8 Å². The molecule has 1 aromatic rings. The van der Waals surface area contributed by atoms with E-state index in [0.717, 1.165) is 11.8 Å². The van der Waals surface area contributed by atoms with Gasteiger partial charge in [-0.1, -0.05) is 30.7 Å². The van der Waals surface area contributed by atoms with Crippen molar-refractivity contribution in [2.24, 2.45) is 11.8 Å². The van der Waals surface area contributed by atoms with Crippen LogP contribution in [0.15, 0.2) is 18.2 Å². The van der Waals surface area contributed by atoms with Crippen molar-refractivity contribution < 1.29 is 0 Å². The first-order chi connectivity index (χ1) is 8.90. The van der Waals surface area contributed by atoms with E-state index in [1.54, 1.807) is 0 Å². The summed E-state index contributed by atoms with van der Waals surface area (Å²) in [5, 5.41) is 0. The number of aromatic nitrogens is 1. The molecule has 3 rings (SSSR count). The van der Waals surface area contributed by atoms with Crippen molar-refractivity contribution in [3.63, 3.8) is 0 Å². The number of hydrogen-bond donors (Lipinski definition) is 0. The lowest BCUT2D eigenvalue weighted by Crippen LogP contribution is -2.05. The Morgan fingerprint density at radius 1 is 0.944 bits per heavy atom. The average molecular weight is 241 g/mol. The molecule has 2 aliphatic rings. The fourth-order valence-electron chi connectivity index (χ4n) is 3.37. The quantitative estimate of drug-likeness (QED) is 0.721. The lowest BCUT2D eigenvalue weighted by Gasteiger charge is -2.14. The van der Waals surface area contributed by atoms with Gasteiger partial charge >= 0.3 is 0 Å². The summed E-state index contributed by atoms with van der Waals surface area (Å²) in [6, 6.07) is 6.63. The smallest absolute Gasteiger partial charge is 0.0408 e. The number of hydrogen-bond acceptors (Lipinski definition) is 1. The first kappa shape index (κ1) is 12.2. The maximum atomic E-state index is 4.87. The van der Waals surface area contributed by atoms with Gasteiger partial charge in [0.25, 0.3) is 0 Å². The van der Waals surface area contributed by atoms with Gasteiger partial charge in [-0.25, -0.2) is 0 Å². The minimum Gasteiger partial charge on any atom is -0.328 e. The summed E-state index contributed by atoms with van der Waals surface area (Å²) in [6.45, 7) is 0. The molecule has 1 heterocycles. The Hall–Kier alpha value is -0.850. The van der Waals surface area contributed by atoms with E-state index in [0.29, 0.717) is 0 Å². The molecule has 2 aliphatic carbocycles. The van der Waals surface area contributed by atoms with Crippen LogP contribution in [0.2, 0.25) is 0 Å². The molecule has 0 amide bonds. The molecule has 0 saturated heterocycles. The molecule has 2 fully saturated rings. The fraction of sp³-hybridized carbons (Fsp3) is 0.588. The highest BCUT2D eigenvalue weighted by Gasteiger charge is 2.12. The van der Waals surface area contributed by atoms with Crippen molar-refractivity contribution in [1.82, 2.24) is 4.98 Å². The molecule has 1 aromatic heterocycles. The second-order valence-electron chi connectivity index (χ2n) is 5.96. The Morgan fingerprint density at radius 3 is 1.94 bits per heavy atom. The molecule has 0 N–H and O–H groups in total. The molecule has 2 saturated carbocycles. The largest absolute Gasteiger partial charge is 0.328 e. The maximum absolute atomic E-state index is 4.87. The van der Waals surface area contributed by atoms with E-state index in [9.17, 15) is 0 Å². The molecule has 2 unspecified atom stereocenters. The minimum absolute atomic E-state index is 0.854. The second kappa shape index (κ2) is 5.86. The highest BCUT2D eigenvalue weighted by atomic mass is 14.7. The third-order valence-electron chi connectivity index (χ3n) is 4.42. The molecule has 0 radical (unpaired) electrons. The van der Waals surface area contributed by atoms with Crippen LogP contribution in [-0.4, -0.2) is 4.98 Å². The van der Waals surface area contributed by atoms with Crippen LogP contribution in [0, 0.1) is 24.7 Å². The van der Waals surface area contributed by atoms with Crippen molar-refractivity contribution >= 4 is 0 Å². The van der Waals surface area contributed by atoms with Crippen LogP contribution < -0.4 is 0 Å². The van der Waals surface area contributed by atoms with E-state index in [4.69, 9.17) is 4.98 Å². The lowest BCUT2D eigenvalue weighted by molar-refractivity contribution is 0.530. The summed E-state index contributed by atoms with van der Waals surface area (Å²) in [5.41, 5.74) is 2.63. The molecule has 18 heavy (non-hydrogen) atoms. The summed E-state index contributed by atoms with van der Waals surface area (Å²) >= 11 is 0. The molecule has 0 spiro atoms. The Bertz CT molecular complexity index is 340. The Morgan fingerprint density at radius 2 is 1.50 bits per heavy atom. The standard InChI is InChI=1S/C17H23N/c1-2-7-14(6-1)12-16-10-5-11-17(18-16)13-15-8-3-4-9-15/h1,3,5,10-11,14-15H,2,4,6-9,12-13H2/q-2. The first-order valence-electron chi connectivity index (χ1n) is 7.48. The van der Waals surface area contributed by atoms with Crippen molar-refractivity contribution in [3.05, 3.63) is 42.4 Å². The van der Waals surface area contributed by atoms with E-state index < -0.39 is 0 Å². The summed E-state index contributed by atoms with van der Waals surface area (Å²) in [6.07, 6.45) is 15.2. The van der Waals surface area contributed by atoms with Crippen LogP contribution >= 0.6 is 0 Å². The van der Waals surface area contributed by atoms with Crippen molar-refractivity contribution in [1.29, 1.82) is 0 Å². The molecule has 0 bridgehead atoms. The van der Waals surface area contributed by atoms with Crippen molar-refractivity contribution in [2.45, 2.75) is 51.4 Å². The van der Waals surface area contributed by atoms with Crippen molar-refractivity contribution in [3.8, 4) is 0 Å². The third-order valence-corrected chi connectivity index (χ3v) is 4.42. The topological polar surface area (TPSA) is 12.9 Å². The zero-order valence-corrected chi connectivity index (χ0v) is 11.1. The SMILES string of the molecule is c1cc(CC2C[CH-]CC2)nc(CC2C[CH-]CC2)c1. The second-order valence-corrected chi connectivity index (χ2v) is 5.96. The normalized spacial score (nSPS) is 27.8. The van der Waals surface area contributed by atoms with E-state index in [-0.39, 0.29) is 0 Å². The van der Waals surface area contributed by atoms with Gasteiger partial charge in [-0.05, 0) is 25.0 Å². The lowest BCUT2D eigenvalue weighted by atomic mass is 9.99. The predicted molar refractivity (Wildman–Crippen MR) is 74.9 cm³/mol. The Balaban J connectivity index is 1.60. The van der Waals surface area contributed by atoms with Crippen LogP contribution in [0.25, 0.3) is 0 Å². The van der Waals surface area contributed by atoms with Crippen LogP contribution in [0.5, 0.6) is 0 Å². The van der Waals surface area contributed by atoms with Gasteiger partial charge in [-0.15, -0.1) is 0 Å². The van der Waals surface area contributed by atoms with E-state index in [1.807, 2.05) is 0 Å². The first-order valence-corrected chi connectivity index (χ1v) is 7.48. The summed E-state index contributed by atoms with van der Waals surface area (Å²) < 4.78 is 0. The van der Waals surface area contributed by atoms with Gasteiger partial charge < -0.3 is 12.8 Å². The van der Waals surface area contributed by atoms with Gasteiger partial charge in [0.1, 0.15) is 0 Å². The molecule has 0 aliphatic heterocycles. The van der Waals surface area contributed by atoms with Crippen LogP contribution in [0.3, 0.4) is 0 Å². The predicted octanol–water partition coefficient (Wildman–Crippen LogP) is 4.18. The summed E-state index contributed by atoms with van der Waals surface area (Å²) in [4.78, 5) is 4.87. The van der Waals surface area contributed by atoms with E-state index in [2.05, 4.69) is 31.0 Å². The van der Waals surface area contributed by atoms with Gasteiger partial charge in [-0.2, -0.15) is 25.7 Å². The number of pyridine rings is 1. The zero-order valence-electron chi connectivity index (χ0n) is 11.1. The highest BCUT2D eigenvalue weighted by molar-refractivity contribution is 5.13. The average Bonchev–Trinajstić information content (AvgIpc) is 3.03. The molecule has 0 aromatic carbocycles. The molecular weight excluding hydrogens is 218 g/mol. The highest BCUT2D eigenvalue weighted by Crippen LogP contribution is 2.28. The fourth-order valence-corrected chi connectivity index (χ4v) is 3.37. The third kappa shape index (κ3) is 3.13. The van der Waals surface area contributed by atoms with Gasteiger partial charge in [-0.3, -0.25) is 4.98 Å². The van der Waals surface area contributed by atoms with Gasteiger partial charge in [0, 0.05) is 11.4 Å².